The standard InChI is InChI=1S/C17H31NO/c1-16(2)13-8-9-17(16,3)15(10-13)18-14-7-5-4-6-12(14)11-19/h12-15,18-19H,4-11H2,1-3H3. The van der Waals surface area contributed by atoms with E-state index in [2.05, 4.69) is 26.1 Å². The normalized spacial score (nSPS) is 48.6. The zero-order chi connectivity index (χ0) is 13.7. The van der Waals surface area contributed by atoms with Crippen LogP contribution in [0.2, 0.25) is 0 Å². The first-order valence-corrected chi connectivity index (χ1v) is 8.36. The number of nitrogens with one attached hydrogen (secondary N) is 1. The van der Waals surface area contributed by atoms with Crippen LogP contribution >= 0.6 is 0 Å². The van der Waals surface area contributed by atoms with Gasteiger partial charge in [-0.15, -0.1) is 0 Å². The lowest BCUT2D eigenvalue weighted by Crippen LogP contribution is -2.52. The van der Waals surface area contributed by atoms with Gasteiger partial charge in [-0.1, -0.05) is 33.6 Å². The third-order valence-corrected chi connectivity index (χ3v) is 7.35. The molecule has 0 saturated heterocycles. The van der Waals surface area contributed by atoms with E-state index in [1.165, 1.54) is 44.9 Å². The van der Waals surface area contributed by atoms with Crippen LogP contribution in [0.1, 0.15) is 65.7 Å². The smallest absolute Gasteiger partial charge is 0.0474 e. The minimum absolute atomic E-state index is 0.369. The maximum atomic E-state index is 9.59. The minimum Gasteiger partial charge on any atom is -0.396 e. The zero-order valence-electron chi connectivity index (χ0n) is 12.9. The molecule has 2 N–H and O–H groups in total. The number of rotatable bonds is 3. The predicted molar refractivity (Wildman–Crippen MR) is 79.0 cm³/mol. The highest BCUT2D eigenvalue weighted by Gasteiger charge is 2.61. The fourth-order valence-electron chi connectivity index (χ4n) is 5.36. The van der Waals surface area contributed by atoms with Gasteiger partial charge in [0.05, 0.1) is 0 Å². The molecule has 0 amide bonds. The molecular formula is C17H31NO. The molecule has 3 rings (SSSR count). The summed E-state index contributed by atoms with van der Waals surface area (Å²) in [6.45, 7) is 7.84. The maximum absolute atomic E-state index is 9.59. The van der Waals surface area contributed by atoms with Gasteiger partial charge >= 0.3 is 0 Å². The molecule has 0 spiro atoms. The lowest BCUT2D eigenvalue weighted by atomic mass is 9.68. The van der Waals surface area contributed by atoms with E-state index in [0.29, 0.717) is 35.4 Å². The molecule has 2 bridgehead atoms. The second-order valence-corrected chi connectivity index (χ2v) is 8.16. The van der Waals surface area contributed by atoms with Gasteiger partial charge in [0.1, 0.15) is 0 Å². The van der Waals surface area contributed by atoms with Crippen molar-refractivity contribution in [3.05, 3.63) is 0 Å². The van der Waals surface area contributed by atoms with Crippen molar-refractivity contribution in [2.24, 2.45) is 22.7 Å². The van der Waals surface area contributed by atoms with E-state index in [4.69, 9.17) is 0 Å². The lowest BCUT2D eigenvalue weighted by molar-refractivity contribution is 0.0887. The van der Waals surface area contributed by atoms with Crippen LogP contribution in [0, 0.1) is 22.7 Å². The van der Waals surface area contributed by atoms with Gasteiger partial charge in [0.25, 0.3) is 0 Å². The number of fused-ring (bicyclic) bond motifs is 2. The number of aliphatic hydroxyl groups excluding tert-OH is 1. The molecule has 0 aromatic carbocycles. The first-order chi connectivity index (χ1) is 8.99. The molecule has 5 unspecified atom stereocenters. The Morgan fingerprint density at radius 2 is 1.84 bits per heavy atom. The van der Waals surface area contributed by atoms with Crippen molar-refractivity contribution >= 4 is 0 Å². The molecule has 0 aliphatic heterocycles. The van der Waals surface area contributed by atoms with E-state index in [0.717, 1.165) is 5.92 Å². The number of hydrogen-bond acceptors (Lipinski definition) is 2. The fraction of sp³-hybridized carbons (Fsp3) is 1.00. The molecule has 3 aliphatic carbocycles. The van der Waals surface area contributed by atoms with Gasteiger partial charge in [-0.05, 0) is 54.8 Å². The topological polar surface area (TPSA) is 32.3 Å². The predicted octanol–water partition coefficient (Wildman–Crippen LogP) is 3.34. The van der Waals surface area contributed by atoms with Crippen LogP contribution in [0.25, 0.3) is 0 Å². The maximum Gasteiger partial charge on any atom is 0.0474 e. The van der Waals surface area contributed by atoms with Crippen LogP contribution in [-0.4, -0.2) is 23.8 Å². The molecule has 0 heterocycles. The third-order valence-electron chi connectivity index (χ3n) is 7.35. The highest BCUT2D eigenvalue weighted by molar-refractivity contribution is 5.13. The quantitative estimate of drug-likeness (QED) is 0.820. The summed E-state index contributed by atoms with van der Waals surface area (Å²) in [7, 11) is 0. The minimum atomic E-state index is 0.369. The van der Waals surface area contributed by atoms with Crippen LogP contribution in [0.3, 0.4) is 0 Å². The Kier molecular flexibility index (Phi) is 3.46. The van der Waals surface area contributed by atoms with E-state index < -0.39 is 0 Å². The molecule has 0 aromatic rings. The highest BCUT2D eigenvalue weighted by atomic mass is 16.3. The van der Waals surface area contributed by atoms with Crippen molar-refractivity contribution in [1.82, 2.24) is 5.32 Å². The SMILES string of the molecule is CC1(C)C2CCC1(C)C(NC1CCCCC1CO)C2. The molecule has 3 fully saturated rings. The summed E-state index contributed by atoms with van der Waals surface area (Å²) in [5.41, 5.74) is 0.961. The zero-order valence-corrected chi connectivity index (χ0v) is 12.9. The van der Waals surface area contributed by atoms with E-state index in [1.807, 2.05) is 0 Å². The molecule has 5 atom stereocenters. The second kappa shape index (κ2) is 4.73. The van der Waals surface area contributed by atoms with Crippen LogP contribution < -0.4 is 5.32 Å². The number of hydrogen-bond donors (Lipinski definition) is 2. The third kappa shape index (κ3) is 1.98. The van der Waals surface area contributed by atoms with Gasteiger partial charge in [0.2, 0.25) is 0 Å². The van der Waals surface area contributed by atoms with Gasteiger partial charge in [-0.25, -0.2) is 0 Å². The summed E-state index contributed by atoms with van der Waals surface area (Å²) in [5, 5.41) is 13.6. The van der Waals surface area contributed by atoms with E-state index >= 15 is 0 Å². The lowest BCUT2D eigenvalue weighted by Gasteiger charge is -2.43. The summed E-state index contributed by atoms with van der Waals surface area (Å²) in [6, 6.07) is 1.24. The molecule has 19 heavy (non-hydrogen) atoms. The molecular weight excluding hydrogens is 234 g/mol. The van der Waals surface area contributed by atoms with Gasteiger partial charge in [-0.2, -0.15) is 0 Å². The highest BCUT2D eigenvalue weighted by Crippen LogP contribution is 2.65. The average Bonchev–Trinajstić information content (AvgIpc) is 2.72. The van der Waals surface area contributed by atoms with Gasteiger partial charge in [0, 0.05) is 18.7 Å². The summed E-state index contributed by atoms with van der Waals surface area (Å²) in [4.78, 5) is 0. The van der Waals surface area contributed by atoms with Crippen LogP contribution in [0.4, 0.5) is 0 Å². The van der Waals surface area contributed by atoms with E-state index in [9.17, 15) is 5.11 Å². The molecule has 110 valence electrons. The van der Waals surface area contributed by atoms with Gasteiger partial charge in [0.15, 0.2) is 0 Å². The van der Waals surface area contributed by atoms with Crippen LogP contribution in [-0.2, 0) is 0 Å². The Morgan fingerprint density at radius 3 is 2.42 bits per heavy atom. The Balaban J connectivity index is 1.71. The van der Waals surface area contributed by atoms with Crippen molar-refractivity contribution in [1.29, 1.82) is 0 Å². The average molecular weight is 265 g/mol. The van der Waals surface area contributed by atoms with Crippen LogP contribution in [0.15, 0.2) is 0 Å². The summed E-state index contributed by atoms with van der Waals surface area (Å²) >= 11 is 0. The van der Waals surface area contributed by atoms with Crippen LogP contribution in [0.5, 0.6) is 0 Å². The second-order valence-electron chi connectivity index (χ2n) is 8.16. The molecule has 2 heteroatoms. The Bertz CT molecular complexity index is 340. The Hall–Kier alpha value is -0.0800. The van der Waals surface area contributed by atoms with E-state index in [1.54, 1.807) is 0 Å². The monoisotopic (exact) mass is 265 g/mol. The summed E-state index contributed by atoms with van der Waals surface area (Å²) < 4.78 is 0. The van der Waals surface area contributed by atoms with Crippen molar-refractivity contribution in [3.8, 4) is 0 Å². The van der Waals surface area contributed by atoms with Crippen molar-refractivity contribution in [2.45, 2.75) is 77.8 Å². The summed E-state index contributed by atoms with van der Waals surface area (Å²) in [5.74, 6) is 1.41. The molecule has 0 aromatic heterocycles. The van der Waals surface area contributed by atoms with Crippen molar-refractivity contribution in [3.63, 3.8) is 0 Å². The van der Waals surface area contributed by atoms with Crippen molar-refractivity contribution < 1.29 is 5.11 Å². The fourth-order valence-corrected chi connectivity index (χ4v) is 5.36. The first-order valence-electron chi connectivity index (χ1n) is 8.36. The molecule has 3 aliphatic rings. The van der Waals surface area contributed by atoms with Gasteiger partial charge in [-0.3, -0.25) is 0 Å². The summed E-state index contributed by atoms with van der Waals surface area (Å²) in [6.07, 6.45) is 9.30. The Labute approximate surface area is 118 Å². The number of aliphatic hydroxyl groups is 1. The molecule has 0 radical (unpaired) electrons. The molecule has 2 nitrogen and oxygen atoms in total. The van der Waals surface area contributed by atoms with Crippen molar-refractivity contribution in [2.75, 3.05) is 6.61 Å². The first kappa shape index (κ1) is 13.9. The van der Waals surface area contributed by atoms with E-state index in [-0.39, 0.29) is 0 Å². The Morgan fingerprint density at radius 1 is 1.11 bits per heavy atom. The molecule has 3 saturated carbocycles. The largest absolute Gasteiger partial charge is 0.396 e. The van der Waals surface area contributed by atoms with Gasteiger partial charge < -0.3 is 10.4 Å².